The van der Waals surface area contributed by atoms with Crippen LogP contribution in [-0.4, -0.2) is 36.1 Å². The minimum atomic E-state index is 0.930. The Hall–Kier alpha value is -0.450. The van der Waals surface area contributed by atoms with Crippen molar-refractivity contribution in [2.45, 2.75) is 33.2 Å². The second kappa shape index (κ2) is 6.47. The van der Waals surface area contributed by atoms with Crippen LogP contribution in [-0.2, 0) is 6.54 Å². The maximum atomic E-state index is 4.26. The van der Waals surface area contributed by atoms with E-state index < -0.39 is 0 Å². The summed E-state index contributed by atoms with van der Waals surface area (Å²) in [6, 6.07) is 0. The first-order valence-electron chi connectivity index (χ1n) is 6.57. The second-order valence-electron chi connectivity index (χ2n) is 5.06. The number of piperidine rings is 1. The molecule has 0 amide bonds. The van der Waals surface area contributed by atoms with Gasteiger partial charge in [0.15, 0.2) is 0 Å². The molecule has 0 aliphatic carbocycles. The van der Waals surface area contributed by atoms with Gasteiger partial charge in [0, 0.05) is 24.5 Å². The SMILES string of the molecule is Cc1ncsc1CNCCN1CCC(C)CC1. The van der Waals surface area contributed by atoms with Crippen molar-refractivity contribution in [2.75, 3.05) is 26.2 Å². The molecule has 0 radical (unpaired) electrons. The third-order valence-corrected chi connectivity index (χ3v) is 4.55. The van der Waals surface area contributed by atoms with Gasteiger partial charge in [0.1, 0.15) is 0 Å². The van der Waals surface area contributed by atoms with Gasteiger partial charge in [-0.05, 0) is 38.8 Å². The highest BCUT2D eigenvalue weighted by molar-refractivity contribution is 7.09. The van der Waals surface area contributed by atoms with Crippen molar-refractivity contribution in [2.24, 2.45) is 5.92 Å². The molecule has 96 valence electrons. The third kappa shape index (κ3) is 4.05. The monoisotopic (exact) mass is 253 g/mol. The van der Waals surface area contributed by atoms with Gasteiger partial charge in [-0.1, -0.05) is 6.92 Å². The van der Waals surface area contributed by atoms with Gasteiger partial charge in [0.05, 0.1) is 11.2 Å². The summed E-state index contributed by atoms with van der Waals surface area (Å²) in [6.07, 6.45) is 2.74. The molecule has 1 saturated heterocycles. The summed E-state index contributed by atoms with van der Waals surface area (Å²) in [7, 11) is 0. The van der Waals surface area contributed by atoms with Crippen molar-refractivity contribution in [3.05, 3.63) is 16.1 Å². The summed E-state index contributed by atoms with van der Waals surface area (Å²) < 4.78 is 0. The van der Waals surface area contributed by atoms with Crippen LogP contribution in [0.15, 0.2) is 5.51 Å². The highest BCUT2D eigenvalue weighted by atomic mass is 32.1. The number of aryl methyl sites for hydroxylation is 1. The Kier molecular flexibility index (Phi) is 4.95. The van der Waals surface area contributed by atoms with Crippen molar-refractivity contribution in [3.63, 3.8) is 0 Å². The van der Waals surface area contributed by atoms with E-state index in [1.54, 1.807) is 11.3 Å². The van der Waals surface area contributed by atoms with E-state index >= 15 is 0 Å². The van der Waals surface area contributed by atoms with Crippen molar-refractivity contribution >= 4 is 11.3 Å². The third-order valence-electron chi connectivity index (χ3n) is 3.61. The van der Waals surface area contributed by atoms with Crippen LogP contribution >= 0.6 is 11.3 Å². The fourth-order valence-electron chi connectivity index (χ4n) is 2.22. The Morgan fingerprint density at radius 2 is 2.24 bits per heavy atom. The van der Waals surface area contributed by atoms with Crippen LogP contribution in [0.5, 0.6) is 0 Å². The average Bonchev–Trinajstić information content (AvgIpc) is 2.73. The molecule has 0 spiro atoms. The molecule has 1 fully saturated rings. The predicted octanol–water partition coefficient (Wildman–Crippen LogP) is 2.27. The van der Waals surface area contributed by atoms with E-state index in [1.165, 1.54) is 43.0 Å². The molecule has 2 rings (SSSR count). The van der Waals surface area contributed by atoms with E-state index in [4.69, 9.17) is 0 Å². The number of thiazole rings is 1. The lowest BCUT2D eigenvalue weighted by Gasteiger charge is -2.30. The fraction of sp³-hybridized carbons (Fsp3) is 0.769. The van der Waals surface area contributed by atoms with E-state index in [0.29, 0.717) is 0 Å². The van der Waals surface area contributed by atoms with E-state index in [0.717, 1.165) is 19.0 Å². The molecule has 1 aliphatic heterocycles. The van der Waals surface area contributed by atoms with Gasteiger partial charge in [-0.2, -0.15) is 0 Å². The largest absolute Gasteiger partial charge is 0.311 e. The van der Waals surface area contributed by atoms with E-state index in [9.17, 15) is 0 Å². The average molecular weight is 253 g/mol. The highest BCUT2D eigenvalue weighted by Gasteiger charge is 2.14. The zero-order valence-electron chi connectivity index (χ0n) is 10.9. The molecule has 3 nitrogen and oxygen atoms in total. The Bertz CT molecular complexity index is 329. The van der Waals surface area contributed by atoms with Gasteiger partial charge in [0.2, 0.25) is 0 Å². The minimum Gasteiger partial charge on any atom is -0.311 e. The molecule has 0 unspecified atom stereocenters. The summed E-state index contributed by atoms with van der Waals surface area (Å²) in [5.74, 6) is 0.930. The zero-order chi connectivity index (χ0) is 12.1. The number of nitrogens with one attached hydrogen (secondary N) is 1. The Balaban J connectivity index is 1.59. The van der Waals surface area contributed by atoms with Gasteiger partial charge in [-0.15, -0.1) is 11.3 Å². The molecule has 2 heterocycles. The predicted molar refractivity (Wildman–Crippen MR) is 73.4 cm³/mol. The van der Waals surface area contributed by atoms with Crippen molar-refractivity contribution in [1.82, 2.24) is 15.2 Å². The Morgan fingerprint density at radius 3 is 2.88 bits per heavy atom. The Morgan fingerprint density at radius 1 is 1.47 bits per heavy atom. The molecule has 17 heavy (non-hydrogen) atoms. The molecule has 0 bridgehead atoms. The molecular formula is C13H23N3S. The maximum Gasteiger partial charge on any atom is 0.0798 e. The molecular weight excluding hydrogens is 230 g/mol. The molecule has 1 N–H and O–H groups in total. The van der Waals surface area contributed by atoms with Gasteiger partial charge in [0.25, 0.3) is 0 Å². The molecule has 4 heteroatoms. The molecule has 1 aromatic heterocycles. The van der Waals surface area contributed by atoms with Gasteiger partial charge in [-0.25, -0.2) is 4.98 Å². The highest BCUT2D eigenvalue weighted by Crippen LogP contribution is 2.15. The van der Waals surface area contributed by atoms with Crippen molar-refractivity contribution < 1.29 is 0 Å². The lowest BCUT2D eigenvalue weighted by Crippen LogP contribution is -2.37. The van der Waals surface area contributed by atoms with E-state index in [1.807, 2.05) is 5.51 Å². The standard InChI is InChI=1S/C13H23N3S/c1-11-3-6-16(7-4-11)8-5-14-9-13-12(2)15-10-17-13/h10-11,14H,3-9H2,1-2H3. The summed E-state index contributed by atoms with van der Waals surface area (Å²) in [5, 5.41) is 3.52. The van der Waals surface area contributed by atoms with E-state index in [2.05, 4.69) is 29.0 Å². The van der Waals surface area contributed by atoms with Crippen molar-refractivity contribution in [1.29, 1.82) is 0 Å². The van der Waals surface area contributed by atoms with Crippen LogP contribution in [0.25, 0.3) is 0 Å². The number of rotatable bonds is 5. The smallest absolute Gasteiger partial charge is 0.0798 e. The lowest BCUT2D eigenvalue weighted by atomic mass is 9.99. The van der Waals surface area contributed by atoms with Gasteiger partial charge in [-0.3, -0.25) is 0 Å². The molecule has 0 saturated carbocycles. The first-order valence-corrected chi connectivity index (χ1v) is 7.45. The fourth-order valence-corrected chi connectivity index (χ4v) is 2.97. The molecule has 0 atom stereocenters. The van der Waals surface area contributed by atoms with Gasteiger partial charge >= 0.3 is 0 Å². The van der Waals surface area contributed by atoms with E-state index in [-0.39, 0.29) is 0 Å². The summed E-state index contributed by atoms with van der Waals surface area (Å²) in [5.41, 5.74) is 3.10. The maximum absolute atomic E-state index is 4.26. The van der Waals surface area contributed by atoms with Crippen LogP contribution in [0.1, 0.15) is 30.3 Å². The number of hydrogen-bond acceptors (Lipinski definition) is 4. The molecule has 0 aromatic carbocycles. The first-order chi connectivity index (χ1) is 8.25. The Labute approximate surface area is 108 Å². The van der Waals surface area contributed by atoms with Crippen LogP contribution in [0.3, 0.4) is 0 Å². The minimum absolute atomic E-state index is 0.930. The van der Waals surface area contributed by atoms with Crippen LogP contribution < -0.4 is 5.32 Å². The molecule has 1 aliphatic rings. The van der Waals surface area contributed by atoms with Crippen LogP contribution in [0, 0.1) is 12.8 Å². The number of hydrogen-bond donors (Lipinski definition) is 1. The second-order valence-corrected chi connectivity index (χ2v) is 6.00. The van der Waals surface area contributed by atoms with Crippen LogP contribution in [0.4, 0.5) is 0 Å². The first kappa shape index (κ1) is 13.0. The quantitative estimate of drug-likeness (QED) is 0.816. The summed E-state index contributed by atoms with van der Waals surface area (Å²) in [6.45, 7) is 10.3. The molecule has 1 aromatic rings. The van der Waals surface area contributed by atoms with Crippen molar-refractivity contribution in [3.8, 4) is 0 Å². The zero-order valence-corrected chi connectivity index (χ0v) is 11.7. The number of aromatic nitrogens is 1. The summed E-state index contributed by atoms with van der Waals surface area (Å²) >= 11 is 1.75. The number of likely N-dealkylation sites (tertiary alicyclic amines) is 1. The van der Waals surface area contributed by atoms with Gasteiger partial charge < -0.3 is 10.2 Å². The lowest BCUT2D eigenvalue weighted by molar-refractivity contribution is 0.193. The van der Waals surface area contributed by atoms with Crippen LogP contribution in [0.2, 0.25) is 0 Å². The number of nitrogens with zero attached hydrogens (tertiary/aromatic N) is 2. The topological polar surface area (TPSA) is 28.2 Å². The normalized spacial score (nSPS) is 18.7. The summed E-state index contributed by atoms with van der Waals surface area (Å²) in [4.78, 5) is 8.21.